The van der Waals surface area contributed by atoms with Gasteiger partial charge < -0.3 is 9.73 Å². The standard InChI is InChI=1S/C12H13Br2NOS/c1-6-4-8(7(2)16-6)11(15-3)10-5-9(13)12(14)17-10/h4-5,11,15H,1-3H3. The van der Waals surface area contributed by atoms with Crippen molar-refractivity contribution in [2.45, 2.75) is 19.9 Å². The zero-order valence-corrected chi connectivity index (χ0v) is 13.8. The maximum absolute atomic E-state index is 5.60. The molecule has 1 N–H and O–H groups in total. The molecular formula is C12H13Br2NOS. The van der Waals surface area contributed by atoms with Gasteiger partial charge in [-0.05, 0) is 64.9 Å². The van der Waals surface area contributed by atoms with E-state index in [2.05, 4.69) is 49.3 Å². The van der Waals surface area contributed by atoms with E-state index in [0.29, 0.717) is 0 Å². The maximum Gasteiger partial charge on any atom is 0.106 e. The Labute approximate surface area is 122 Å². The summed E-state index contributed by atoms with van der Waals surface area (Å²) in [4.78, 5) is 1.26. The molecule has 0 amide bonds. The first-order chi connectivity index (χ1) is 8.02. The molecule has 0 fully saturated rings. The van der Waals surface area contributed by atoms with Crippen LogP contribution < -0.4 is 5.32 Å². The van der Waals surface area contributed by atoms with Crippen molar-refractivity contribution in [1.82, 2.24) is 5.32 Å². The van der Waals surface area contributed by atoms with Gasteiger partial charge in [-0.25, -0.2) is 0 Å². The summed E-state index contributed by atoms with van der Waals surface area (Å²) in [6.45, 7) is 3.98. The van der Waals surface area contributed by atoms with Crippen molar-refractivity contribution >= 4 is 43.2 Å². The normalized spacial score (nSPS) is 13.0. The molecule has 0 spiro atoms. The van der Waals surface area contributed by atoms with Crippen LogP contribution in [0.2, 0.25) is 0 Å². The van der Waals surface area contributed by atoms with E-state index in [0.717, 1.165) is 19.8 Å². The Morgan fingerprint density at radius 2 is 2.00 bits per heavy atom. The highest BCUT2D eigenvalue weighted by Crippen LogP contribution is 2.38. The van der Waals surface area contributed by atoms with Gasteiger partial charge in [0.25, 0.3) is 0 Å². The SMILES string of the molecule is CNC(c1cc(Br)c(Br)s1)c1cc(C)oc1C. The second-order valence-corrected chi connectivity index (χ2v) is 7.12. The van der Waals surface area contributed by atoms with Gasteiger partial charge in [0, 0.05) is 14.9 Å². The first kappa shape index (κ1) is 13.3. The number of nitrogens with one attached hydrogen (secondary N) is 1. The van der Waals surface area contributed by atoms with Crippen LogP contribution in [0.25, 0.3) is 0 Å². The van der Waals surface area contributed by atoms with Gasteiger partial charge in [-0.3, -0.25) is 0 Å². The molecule has 1 unspecified atom stereocenters. The smallest absolute Gasteiger partial charge is 0.106 e. The Kier molecular flexibility index (Phi) is 4.13. The molecule has 0 aromatic carbocycles. The Morgan fingerprint density at radius 1 is 1.29 bits per heavy atom. The van der Waals surface area contributed by atoms with Gasteiger partial charge in [0.05, 0.1) is 9.83 Å². The molecule has 2 aromatic heterocycles. The third kappa shape index (κ3) is 2.67. The Morgan fingerprint density at radius 3 is 2.41 bits per heavy atom. The molecule has 0 saturated heterocycles. The maximum atomic E-state index is 5.60. The molecular weight excluding hydrogens is 366 g/mol. The van der Waals surface area contributed by atoms with Crippen molar-refractivity contribution in [1.29, 1.82) is 0 Å². The molecule has 0 aliphatic carbocycles. The number of furan rings is 1. The van der Waals surface area contributed by atoms with Crippen molar-refractivity contribution in [2.24, 2.45) is 0 Å². The van der Waals surface area contributed by atoms with Crippen LogP contribution in [0.1, 0.15) is 28.0 Å². The summed E-state index contributed by atoms with van der Waals surface area (Å²) in [5.41, 5.74) is 1.20. The first-order valence-corrected chi connectivity index (χ1v) is 7.62. The number of rotatable bonds is 3. The Hall–Kier alpha value is -0.100. The Balaban J connectivity index is 2.43. The summed E-state index contributed by atoms with van der Waals surface area (Å²) < 4.78 is 7.81. The van der Waals surface area contributed by atoms with Crippen molar-refractivity contribution in [3.8, 4) is 0 Å². The number of hydrogen-bond acceptors (Lipinski definition) is 3. The van der Waals surface area contributed by atoms with Gasteiger partial charge in [-0.1, -0.05) is 0 Å². The molecule has 2 aromatic rings. The summed E-state index contributed by atoms with van der Waals surface area (Å²) in [6.07, 6.45) is 0. The molecule has 17 heavy (non-hydrogen) atoms. The highest BCUT2D eigenvalue weighted by Gasteiger charge is 2.20. The van der Waals surface area contributed by atoms with E-state index in [-0.39, 0.29) is 6.04 Å². The fourth-order valence-electron chi connectivity index (χ4n) is 1.89. The minimum atomic E-state index is 0.181. The van der Waals surface area contributed by atoms with E-state index in [1.165, 1.54) is 10.4 Å². The van der Waals surface area contributed by atoms with Crippen LogP contribution in [-0.4, -0.2) is 7.05 Å². The molecule has 0 radical (unpaired) electrons. The minimum Gasteiger partial charge on any atom is -0.466 e. The summed E-state index contributed by atoms with van der Waals surface area (Å²) in [6, 6.07) is 4.41. The minimum absolute atomic E-state index is 0.181. The highest BCUT2D eigenvalue weighted by molar-refractivity contribution is 9.13. The van der Waals surface area contributed by atoms with Crippen LogP contribution in [0.4, 0.5) is 0 Å². The molecule has 0 aliphatic rings. The highest BCUT2D eigenvalue weighted by atomic mass is 79.9. The van der Waals surface area contributed by atoms with Crippen molar-refractivity contribution < 1.29 is 4.42 Å². The van der Waals surface area contributed by atoms with Gasteiger partial charge in [0.2, 0.25) is 0 Å². The van der Waals surface area contributed by atoms with E-state index in [9.17, 15) is 0 Å². The van der Waals surface area contributed by atoms with Crippen LogP contribution >= 0.6 is 43.2 Å². The molecule has 2 nitrogen and oxygen atoms in total. The third-order valence-electron chi connectivity index (χ3n) is 2.63. The van der Waals surface area contributed by atoms with Crippen LogP contribution in [0.5, 0.6) is 0 Å². The average Bonchev–Trinajstić information content (AvgIpc) is 2.74. The summed E-state index contributed by atoms with van der Waals surface area (Å²) in [7, 11) is 1.97. The lowest BCUT2D eigenvalue weighted by Crippen LogP contribution is -2.16. The zero-order valence-electron chi connectivity index (χ0n) is 9.80. The van der Waals surface area contributed by atoms with E-state index >= 15 is 0 Å². The van der Waals surface area contributed by atoms with Gasteiger partial charge in [0.15, 0.2) is 0 Å². The molecule has 0 bridgehead atoms. The molecule has 0 aliphatic heterocycles. The van der Waals surface area contributed by atoms with Crippen LogP contribution in [0, 0.1) is 13.8 Å². The summed E-state index contributed by atoms with van der Waals surface area (Å²) in [5.74, 6) is 1.93. The van der Waals surface area contributed by atoms with Crippen molar-refractivity contribution in [3.05, 3.63) is 42.4 Å². The fraction of sp³-hybridized carbons (Fsp3) is 0.333. The number of halogens is 2. The summed E-state index contributed by atoms with van der Waals surface area (Å²) >= 11 is 8.78. The monoisotopic (exact) mass is 377 g/mol. The fourth-order valence-corrected chi connectivity index (χ4v) is 4.11. The lowest BCUT2D eigenvalue weighted by Gasteiger charge is -2.13. The molecule has 2 heterocycles. The van der Waals surface area contributed by atoms with E-state index < -0.39 is 0 Å². The van der Waals surface area contributed by atoms with Crippen molar-refractivity contribution in [2.75, 3.05) is 7.05 Å². The second-order valence-electron chi connectivity index (χ2n) is 3.86. The van der Waals surface area contributed by atoms with Crippen LogP contribution in [0.15, 0.2) is 24.8 Å². The zero-order chi connectivity index (χ0) is 12.6. The lowest BCUT2D eigenvalue weighted by atomic mass is 10.1. The van der Waals surface area contributed by atoms with Crippen LogP contribution in [-0.2, 0) is 0 Å². The average molecular weight is 379 g/mol. The topological polar surface area (TPSA) is 25.2 Å². The number of hydrogen-bond donors (Lipinski definition) is 1. The van der Waals surface area contributed by atoms with E-state index in [4.69, 9.17) is 4.42 Å². The van der Waals surface area contributed by atoms with Gasteiger partial charge >= 0.3 is 0 Å². The Bertz CT molecular complexity index is 513. The first-order valence-electron chi connectivity index (χ1n) is 5.22. The number of thiophene rings is 1. The van der Waals surface area contributed by atoms with Crippen molar-refractivity contribution in [3.63, 3.8) is 0 Å². The molecule has 0 saturated carbocycles. The molecule has 5 heteroatoms. The van der Waals surface area contributed by atoms with E-state index in [1.54, 1.807) is 11.3 Å². The van der Waals surface area contributed by atoms with Gasteiger partial charge in [0.1, 0.15) is 11.5 Å². The quantitative estimate of drug-likeness (QED) is 0.830. The van der Waals surface area contributed by atoms with Gasteiger partial charge in [-0.2, -0.15) is 0 Å². The van der Waals surface area contributed by atoms with E-state index in [1.807, 2.05) is 20.9 Å². The predicted octanol–water partition coefficient (Wildman–Crippen LogP) is 4.79. The second kappa shape index (κ2) is 5.26. The summed E-state index contributed by atoms with van der Waals surface area (Å²) in [5, 5.41) is 3.34. The molecule has 92 valence electrons. The molecule has 2 rings (SSSR count). The number of aryl methyl sites for hydroxylation is 2. The third-order valence-corrected chi connectivity index (χ3v) is 5.95. The lowest BCUT2D eigenvalue weighted by molar-refractivity contribution is 0.497. The largest absolute Gasteiger partial charge is 0.466 e. The van der Waals surface area contributed by atoms with Crippen LogP contribution in [0.3, 0.4) is 0 Å². The van der Waals surface area contributed by atoms with Gasteiger partial charge in [-0.15, -0.1) is 11.3 Å². The predicted molar refractivity (Wildman–Crippen MR) is 78.8 cm³/mol. The molecule has 1 atom stereocenters.